The minimum atomic E-state index is -0.397. The molecule has 0 bridgehead atoms. The highest BCUT2D eigenvalue weighted by atomic mass is 16.5. The molecule has 1 aromatic carbocycles. The maximum absolute atomic E-state index is 12.3. The van der Waals surface area contributed by atoms with E-state index in [0.29, 0.717) is 32.7 Å². The van der Waals surface area contributed by atoms with Gasteiger partial charge in [0, 0.05) is 19.6 Å². The molecule has 2 heterocycles. The normalized spacial score (nSPS) is 25.6. The molecule has 6 heteroatoms. The lowest BCUT2D eigenvalue weighted by atomic mass is 10.1. The van der Waals surface area contributed by atoms with Gasteiger partial charge in [-0.2, -0.15) is 0 Å². The van der Waals surface area contributed by atoms with E-state index in [1.54, 1.807) is 0 Å². The number of nitrogens with zero attached hydrogens (tertiary/aromatic N) is 1. The standard InChI is InChI=1S/C18H25N3O3/c22-17(20-15-8-4-5-9-19-18(15)23)13-21-10-11-24-16(12-21)14-6-2-1-3-7-14/h1-3,6-7,15-16H,4-5,8-13H2,(H,19,23)(H,20,22)/t15-,16+/m1/s1. The van der Waals surface area contributed by atoms with Gasteiger partial charge in [-0.3, -0.25) is 14.5 Å². The van der Waals surface area contributed by atoms with Crippen LogP contribution in [-0.2, 0) is 14.3 Å². The Kier molecular flexibility index (Phi) is 5.82. The smallest absolute Gasteiger partial charge is 0.242 e. The number of hydrogen-bond acceptors (Lipinski definition) is 4. The summed E-state index contributed by atoms with van der Waals surface area (Å²) in [5, 5.41) is 5.72. The molecule has 0 spiro atoms. The van der Waals surface area contributed by atoms with Crippen molar-refractivity contribution in [1.29, 1.82) is 0 Å². The fourth-order valence-corrected chi connectivity index (χ4v) is 3.24. The maximum Gasteiger partial charge on any atom is 0.242 e. The van der Waals surface area contributed by atoms with Crippen LogP contribution in [0, 0.1) is 0 Å². The molecule has 2 N–H and O–H groups in total. The lowest BCUT2D eigenvalue weighted by Crippen LogP contribution is -2.50. The average molecular weight is 331 g/mol. The molecule has 0 unspecified atom stereocenters. The van der Waals surface area contributed by atoms with E-state index in [0.717, 1.165) is 24.9 Å². The molecule has 2 aliphatic heterocycles. The third kappa shape index (κ3) is 4.55. The average Bonchev–Trinajstić information content (AvgIpc) is 2.80. The van der Waals surface area contributed by atoms with Crippen LogP contribution < -0.4 is 10.6 Å². The number of rotatable bonds is 4. The molecule has 2 amide bonds. The lowest BCUT2D eigenvalue weighted by Gasteiger charge is -2.33. The van der Waals surface area contributed by atoms with Crippen molar-refractivity contribution in [2.45, 2.75) is 31.4 Å². The van der Waals surface area contributed by atoms with E-state index in [-0.39, 0.29) is 17.9 Å². The van der Waals surface area contributed by atoms with E-state index in [1.165, 1.54) is 0 Å². The van der Waals surface area contributed by atoms with Gasteiger partial charge in [0.25, 0.3) is 0 Å². The molecule has 24 heavy (non-hydrogen) atoms. The second-order valence-electron chi connectivity index (χ2n) is 6.41. The van der Waals surface area contributed by atoms with Crippen molar-refractivity contribution in [3.8, 4) is 0 Å². The van der Waals surface area contributed by atoms with E-state index >= 15 is 0 Å². The van der Waals surface area contributed by atoms with Crippen molar-refractivity contribution in [3.63, 3.8) is 0 Å². The molecular weight excluding hydrogens is 306 g/mol. The van der Waals surface area contributed by atoms with Gasteiger partial charge in [0.15, 0.2) is 0 Å². The quantitative estimate of drug-likeness (QED) is 0.858. The van der Waals surface area contributed by atoms with Crippen LogP contribution in [0.1, 0.15) is 30.9 Å². The predicted octanol–water partition coefficient (Wildman–Crippen LogP) is 0.845. The van der Waals surface area contributed by atoms with Gasteiger partial charge >= 0.3 is 0 Å². The molecule has 0 aromatic heterocycles. The highest BCUT2D eigenvalue weighted by Gasteiger charge is 2.26. The van der Waals surface area contributed by atoms with Crippen LogP contribution in [0.5, 0.6) is 0 Å². The Morgan fingerprint density at radius 2 is 2.12 bits per heavy atom. The minimum absolute atomic E-state index is 0.00562. The zero-order valence-electron chi connectivity index (χ0n) is 13.9. The summed E-state index contributed by atoms with van der Waals surface area (Å²) in [5.41, 5.74) is 1.13. The van der Waals surface area contributed by atoms with Crippen molar-refractivity contribution in [2.24, 2.45) is 0 Å². The number of amides is 2. The van der Waals surface area contributed by atoms with E-state index in [4.69, 9.17) is 4.74 Å². The molecule has 2 aliphatic rings. The van der Waals surface area contributed by atoms with Crippen LogP contribution in [0.3, 0.4) is 0 Å². The molecule has 0 saturated carbocycles. The Balaban J connectivity index is 1.51. The van der Waals surface area contributed by atoms with Gasteiger partial charge in [-0.1, -0.05) is 30.3 Å². The van der Waals surface area contributed by atoms with Gasteiger partial charge in [-0.15, -0.1) is 0 Å². The molecule has 2 saturated heterocycles. The van der Waals surface area contributed by atoms with E-state index in [9.17, 15) is 9.59 Å². The number of nitrogens with one attached hydrogen (secondary N) is 2. The predicted molar refractivity (Wildman–Crippen MR) is 90.4 cm³/mol. The Hall–Kier alpha value is -1.92. The molecule has 1 aromatic rings. The molecule has 3 rings (SSSR count). The van der Waals surface area contributed by atoms with Gasteiger partial charge in [-0.05, 0) is 24.8 Å². The monoisotopic (exact) mass is 331 g/mol. The molecule has 0 aliphatic carbocycles. The number of ether oxygens (including phenoxy) is 1. The van der Waals surface area contributed by atoms with Crippen LogP contribution in [0.15, 0.2) is 30.3 Å². The molecule has 6 nitrogen and oxygen atoms in total. The van der Waals surface area contributed by atoms with Crippen LogP contribution in [0.2, 0.25) is 0 Å². The van der Waals surface area contributed by atoms with Crippen LogP contribution in [0.4, 0.5) is 0 Å². The Bertz CT molecular complexity index is 564. The summed E-state index contributed by atoms with van der Waals surface area (Å²) in [6.45, 7) is 3.03. The van der Waals surface area contributed by atoms with Crippen LogP contribution >= 0.6 is 0 Å². The topological polar surface area (TPSA) is 70.7 Å². The first kappa shape index (κ1) is 16.9. The molecule has 2 fully saturated rings. The summed E-state index contributed by atoms with van der Waals surface area (Å²) >= 11 is 0. The minimum Gasteiger partial charge on any atom is -0.371 e. The van der Waals surface area contributed by atoms with Crippen molar-refractivity contribution < 1.29 is 14.3 Å². The van der Waals surface area contributed by atoms with E-state index < -0.39 is 6.04 Å². The fourth-order valence-electron chi connectivity index (χ4n) is 3.24. The Morgan fingerprint density at radius 1 is 1.29 bits per heavy atom. The first-order valence-electron chi connectivity index (χ1n) is 8.68. The second kappa shape index (κ2) is 8.26. The summed E-state index contributed by atoms with van der Waals surface area (Å²) < 4.78 is 5.82. The molecule has 0 radical (unpaired) electrons. The number of hydrogen-bond donors (Lipinski definition) is 2. The van der Waals surface area contributed by atoms with Gasteiger partial charge < -0.3 is 15.4 Å². The third-order valence-corrected chi connectivity index (χ3v) is 4.56. The highest BCUT2D eigenvalue weighted by Crippen LogP contribution is 2.21. The van der Waals surface area contributed by atoms with Crippen molar-refractivity contribution >= 4 is 11.8 Å². The number of morpholine rings is 1. The van der Waals surface area contributed by atoms with Crippen LogP contribution in [-0.4, -0.2) is 55.5 Å². The molecule has 2 atom stereocenters. The largest absolute Gasteiger partial charge is 0.371 e. The van der Waals surface area contributed by atoms with Gasteiger partial charge in [-0.25, -0.2) is 0 Å². The van der Waals surface area contributed by atoms with Crippen molar-refractivity contribution in [1.82, 2.24) is 15.5 Å². The van der Waals surface area contributed by atoms with Gasteiger partial charge in [0.2, 0.25) is 11.8 Å². The summed E-state index contributed by atoms with van der Waals surface area (Å²) in [6.07, 6.45) is 2.64. The van der Waals surface area contributed by atoms with Gasteiger partial charge in [0.1, 0.15) is 6.04 Å². The van der Waals surface area contributed by atoms with E-state index in [1.807, 2.05) is 30.3 Å². The second-order valence-corrected chi connectivity index (χ2v) is 6.41. The third-order valence-electron chi connectivity index (χ3n) is 4.56. The number of carbonyl (C=O) groups is 2. The summed E-state index contributed by atoms with van der Waals surface area (Å²) in [5.74, 6) is -0.157. The first-order chi connectivity index (χ1) is 11.7. The SMILES string of the molecule is O=C(CN1CCO[C@H](c2ccccc2)C1)N[C@@H]1CCCCNC1=O. The van der Waals surface area contributed by atoms with Crippen molar-refractivity contribution in [2.75, 3.05) is 32.8 Å². The first-order valence-corrected chi connectivity index (χ1v) is 8.68. The zero-order valence-corrected chi connectivity index (χ0v) is 13.9. The summed E-state index contributed by atoms with van der Waals surface area (Å²) in [4.78, 5) is 26.3. The fraction of sp³-hybridized carbons (Fsp3) is 0.556. The number of benzene rings is 1. The van der Waals surface area contributed by atoms with E-state index in [2.05, 4.69) is 15.5 Å². The summed E-state index contributed by atoms with van der Waals surface area (Å²) in [6, 6.07) is 9.67. The Labute approximate surface area is 142 Å². The summed E-state index contributed by atoms with van der Waals surface area (Å²) in [7, 11) is 0. The maximum atomic E-state index is 12.3. The number of carbonyl (C=O) groups excluding carboxylic acids is 2. The molecular formula is C18H25N3O3. The Morgan fingerprint density at radius 3 is 2.96 bits per heavy atom. The van der Waals surface area contributed by atoms with Crippen molar-refractivity contribution in [3.05, 3.63) is 35.9 Å². The highest BCUT2D eigenvalue weighted by molar-refractivity contribution is 5.88. The lowest BCUT2D eigenvalue weighted by molar-refractivity contribution is -0.130. The van der Waals surface area contributed by atoms with Gasteiger partial charge in [0.05, 0.1) is 19.3 Å². The molecule has 130 valence electrons. The zero-order chi connectivity index (χ0) is 16.8. The van der Waals surface area contributed by atoms with Crippen LogP contribution in [0.25, 0.3) is 0 Å².